The van der Waals surface area contributed by atoms with Gasteiger partial charge in [-0.15, -0.1) is 0 Å². The quantitative estimate of drug-likeness (QED) is 0.0265. The SMILES string of the molecule is CCCCCCCC/C=C\CCCCCCCC(=O)OCC(COP(C)(=O)OCCN(CCO)CCO)OC(=O)CCCCCCC/C=C\CCCCCCCC. The molecule has 0 heterocycles. The second kappa shape index (κ2) is 42.6. The van der Waals surface area contributed by atoms with E-state index < -0.39 is 19.7 Å². The number of rotatable bonds is 44. The van der Waals surface area contributed by atoms with Gasteiger partial charge >= 0.3 is 19.5 Å². The number of aliphatic hydroxyl groups excluding tert-OH is 2. The minimum Gasteiger partial charge on any atom is -0.462 e. The Morgan fingerprint density at radius 1 is 0.544 bits per heavy atom. The highest BCUT2D eigenvalue weighted by Gasteiger charge is 2.24. The molecule has 0 fully saturated rings. The number of allylic oxidation sites excluding steroid dienone is 4. The van der Waals surface area contributed by atoms with E-state index in [1.54, 1.807) is 4.90 Å². The molecule has 0 aromatic rings. The van der Waals surface area contributed by atoms with Gasteiger partial charge in [-0.05, 0) is 64.2 Å². The molecule has 0 saturated carbocycles. The van der Waals surface area contributed by atoms with Crippen LogP contribution in [0.15, 0.2) is 24.3 Å². The van der Waals surface area contributed by atoms with Gasteiger partial charge in [0.1, 0.15) is 6.61 Å². The highest BCUT2D eigenvalue weighted by atomic mass is 31.2. The van der Waals surface area contributed by atoms with Crippen LogP contribution in [0.3, 0.4) is 0 Å². The van der Waals surface area contributed by atoms with Crippen LogP contribution in [0.25, 0.3) is 0 Å². The first-order valence-electron chi connectivity index (χ1n) is 23.2. The molecule has 336 valence electrons. The molecule has 0 saturated heterocycles. The maximum Gasteiger partial charge on any atom is 0.327 e. The molecule has 0 rings (SSSR count). The maximum atomic E-state index is 13.0. The van der Waals surface area contributed by atoms with Crippen LogP contribution in [0, 0.1) is 0 Å². The Kier molecular flexibility index (Phi) is 41.4. The van der Waals surface area contributed by atoms with Crippen LogP contribution in [0.4, 0.5) is 0 Å². The summed E-state index contributed by atoms with van der Waals surface area (Å²) in [6, 6.07) is 0. The number of hydrogen-bond acceptors (Lipinski definition) is 10. The topological polar surface area (TPSA) is 132 Å². The van der Waals surface area contributed by atoms with Crippen LogP contribution < -0.4 is 0 Å². The average molecular weight is 830 g/mol. The lowest BCUT2D eigenvalue weighted by Gasteiger charge is -2.23. The molecule has 0 spiro atoms. The summed E-state index contributed by atoms with van der Waals surface area (Å²) in [4.78, 5) is 27.1. The first kappa shape index (κ1) is 55.5. The van der Waals surface area contributed by atoms with Crippen molar-refractivity contribution in [3.8, 4) is 0 Å². The number of carbonyl (C=O) groups excluding carboxylic acids is 2. The number of esters is 2. The third-order valence-electron chi connectivity index (χ3n) is 10.1. The Morgan fingerprint density at radius 2 is 0.947 bits per heavy atom. The highest BCUT2D eigenvalue weighted by molar-refractivity contribution is 7.52. The fourth-order valence-electron chi connectivity index (χ4n) is 6.51. The minimum absolute atomic E-state index is 0.0681. The van der Waals surface area contributed by atoms with E-state index in [9.17, 15) is 24.4 Å². The van der Waals surface area contributed by atoms with E-state index in [1.807, 2.05) is 0 Å². The van der Waals surface area contributed by atoms with Crippen LogP contribution in [0.2, 0.25) is 0 Å². The number of carbonyl (C=O) groups is 2. The van der Waals surface area contributed by atoms with Crippen LogP contribution >= 0.6 is 7.60 Å². The average Bonchev–Trinajstić information content (AvgIpc) is 3.19. The van der Waals surface area contributed by atoms with E-state index in [1.165, 1.54) is 96.6 Å². The minimum atomic E-state index is -3.52. The summed E-state index contributed by atoms with van der Waals surface area (Å²) in [7, 11) is -3.52. The molecule has 0 aromatic heterocycles. The van der Waals surface area contributed by atoms with E-state index in [0.29, 0.717) is 32.5 Å². The van der Waals surface area contributed by atoms with Crippen molar-refractivity contribution in [2.24, 2.45) is 0 Å². The molecule has 0 radical (unpaired) electrons. The standard InChI is InChI=1S/C46H88NO9P/c1-4-6-8-10-12-14-16-18-20-22-24-26-28-30-32-34-45(50)53-42-44(43-55-57(3,52)54-41-38-47(36-39-48)37-40-49)56-46(51)35-33-31-29-27-25-23-21-19-17-15-13-11-9-7-5-2/h18-21,44,48-49H,4-17,22-43H2,1-3H3/b20-18-,21-19-. The van der Waals surface area contributed by atoms with Crippen molar-refractivity contribution in [2.45, 2.75) is 200 Å². The van der Waals surface area contributed by atoms with Gasteiger partial charge in [0.25, 0.3) is 0 Å². The fourth-order valence-corrected chi connectivity index (χ4v) is 7.43. The zero-order chi connectivity index (χ0) is 41.9. The zero-order valence-electron chi connectivity index (χ0n) is 37.0. The Hall–Kier alpha value is -1.55. The Bertz CT molecular complexity index is 1000. The summed E-state index contributed by atoms with van der Waals surface area (Å²) in [5.41, 5.74) is 0. The molecule has 57 heavy (non-hydrogen) atoms. The molecule has 0 aliphatic heterocycles. The van der Waals surface area contributed by atoms with E-state index >= 15 is 0 Å². The third-order valence-corrected chi connectivity index (χ3v) is 11.3. The number of ether oxygens (including phenoxy) is 2. The van der Waals surface area contributed by atoms with E-state index in [-0.39, 0.29) is 45.4 Å². The lowest BCUT2D eigenvalue weighted by Crippen LogP contribution is -2.33. The molecule has 0 aromatic carbocycles. The number of hydrogen-bond donors (Lipinski definition) is 2. The first-order valence-corrected chi connectivity index (χ1v) is 25.2. The molecule has 2 unspecified atom stereocenters. The number of aliphatic hydroxyl groups is 2. The first-order chi connectivity index (χ1) is 27.8. The van der Waals surface area contributed by atoms with E-state index in [0.717, 1.165) is 70.6 Å². The molecule has 11 heteroatoms. The third kappa shape index (κ3) is 41.0. The van der Waals surface area contributed by atoms with Gasteiger partial charge in [-0.3, -0.25) is 19.1 Å². The number of nitrogens with zero attached hydrogens (tertiary/aromatic N) is 1. The molecule has 0 amide bonds. The molecular formula is C46H88NO9P. The predicted octanol–water partition coefficient (Wildman–Crippen LogP) is 11.7. The fraction of sp³-hybridized carbons (Fsp3) is 0.870. The second-order valence-corrected chi connectivity index (χ2v) is 17.7. The molecule has 2 N–H and O–H groups in total. The van der Waals surface area contributed by atoms with Crippen molar-refractivity contribution in [3.05, 3.63) is 24.3 Å². The Balaban J connectivity index is 4.52. The van der Waals surface area contributed by atoms with Crippen molar-refractivity contribution in [3.63, 3.8) is 0 Å². The maximum absolute atomic E-state index is 13.0. The highest BCUT2D eigenvalue weighted by Crippen LogP contribution is 2.43. The summed E-state index contributed by atoms with van der Waals surface area (Å²) < 4.78 is 35.3. The normalized spacial score (nSPS) is 13.5. The lowest BCUT2D eigenvalue weighted by molar-refractivity contribution is -0.161. The van der Waals surface area contributed by atoms with Gasteiger partial charge in [-0.1, -0.05) is 141 Å². The largest absolute Gasteiger partial charge is 0.462 e. The molecular weight excluding hydrogens is 741 g/mol. The summed E-state index contributed by atoms with van der Waals surface area (Å²) in [6.45, 7) is 6.43. The summed E-state index contributed by atoms with van der Waals surface area (Å²) >= 11 is 0. The van der Waals surface area contributed by atoms with Crippen molar-refractivity contribution in [1.29, 1.82) is 0 Å². The molecule has 0 aliphatic carbocycles. The molecule has 2 atom stereocenters. The monoisotopic (exact) mass is 830 g/mol. The van der Waals surface area contributed by atoms with Crippen LogP contribution in [-0.4, -0.2) is 92.5 Å². The van der Waals surface area contributed by atoms with E-state index in [4.69, 9.17) is 18.5 Å². The van der Waals surface area contributed by atoms with Gasteiger partial charge in [0.15, 0.2) is 6.10 Å². The van der Waals surface area contributed by atoms with Gasteiger partial charge in [0, 0.05) is 39.1 Å². The smallest absolute Gasteiger partial charge is 0.327 e. The van der Waals surface area contributed by atoms with Gasteiger partial charge in [-0.2, -0.15) is 0 Å². The summed E-state index contributed by atoms with van der Waals surface area (Å²) in [5.74, 6) is -0.750. The molecule has 0 aliphatic rings. The Morgan fingerprint density at radius 3 is 1.39 bits per heavy atom. The summed E-state index contributed by atoms with van der Waals surface area (Å²) in [5, 5.41) is 18.4. The van der Waals surface area contributed by atoms with Crippen molar-refractivity contribution in [2.75, 3.05) is 59.3 Å². The second-order valence-electron chi connectivity index (χ2n) is 15.7. The van der Waals surface area contributed by atoms with Crippen LogP contribution in [0.1, 0.15) is 194 Å². The molecule has 10 nitrogen and oxygen atoms in total. The summed E-state index contributed by atoms with van der Waals surface area (Å²) in [6.07, 6.45) is 39.5. The zero-order valence-corrected chi connectivity index (χ0v) is 37.9. The van der Waals surface area contributed by atoms with Gasteiger partial charge in [-0.25, -0.2) is 0 Å². The van der Waals surface area contributed by atoms with Crippen molar-refractivity contribution >= 4 is 19.5 Å². The molecule has 0 bridgehead atoms. The van der Waals surface area contributed by atoms with Crippen LogP contribution in [0.5, 0.6) is 0 Å². The number of unbranched alkanes of at least 4 members (excludes halogenated alkanes) is 22. The predicted molar refractivity (Wildman–Crippen MR) is 236 cm³/mol. The van der Waals surface area contributed by atoms with Gasteiger partial charge < -0.3 is 28.7 Å². The van der Waals surface area contributed by atoms with Gasteiger partial charge in [0.2, 0.25) is 0 Å². The van der Waals surface area contributed by atoms with Crippen molar-refractivity contribution in [1.82, 2.24) is 4.90 Å². The van der Waals surface area contributed by atoms with E-state index in [2.05, 4.69) is 38.2 Å². The van der Waals surface area contributed by atoms with Gasteiger partial charge in [0.05, 0.1) is 26.4 Å². The lowest BCUT2D eigenvalue weighted by atomic mass is 10.1. The Labute approximate surface area is 349 Å². The van der Waals surface area contributed by atoms with Crippen LogP contribution in [-0.2, 0) is 32.7 Å². The van der Waals surface area contributed by atoms with Crippen molar-refractivity contribution < 1.29 is 42.9 Å².